The summed E-state index contributed by atoms with van der Waals surface area (Å²) in [6.45, 7) is 2.07. The van der Waals surface area contributed by atoms with E-state index >= 15 is 0 Å². The molecule has 1 aromatic carbocycles. The fourth-order valence-corrected chi connectivity index (χ4v) is 2.58. The van der Waals surface area contributed by atoms with Gasteiger partial charge in [-0.15, -0.1) is 12.4 Å². The number of carbonyl (C=O) groups is 3. The third-order valence-electron chi connectivity index (χ3n) is 3.73. The number of nitrogens with one attached hydrogen (secondary N) is 2. The number of halogens is 1. The van der Waals surface area contributed by atoms with Crippen LogP contribution in [-0.4, -0.2) is 61.5 Å². The van der Waals surface area contributed by atoms with Gasteiger partial charge in [0.1, 0.15) is 6.10 Å². The summed E-state index contributed by atoms with van der Waals surface area (Å²) in [5.74, 6) is -0.861. The summed E-state index contributed by atoms with van der Waals surface area (Å²) in [4.78, 5) is 37.3. The molecule has 7 nitrogen and oxygen atoms in total. The standard InChI is InChI=1S/C15H17N3O4.ClH/c19-13(12-9-16-6-8-22-12)17-5-7-18-14(20)10-3-1-2-4-11(10)15(18)21;/h1-4,12,16H,5-9H2,(H,17,19);1H. The van der Waals surface area contributed by atoms with E-state index in [9.17, 15) is 14.4 Å². The number of ether oxygens (including phenoxy) is 1. The van der Waals surface area contributed by atoms with Gasteiger partial charge in [0.2, 0.25) is 0 Å². The maximum atomic E-state index is 12.1. The average Bonchev–Trinajstić information content (AvgIpc) is 2.81. The predicted octanol–water partition coefficient (Wildman–Crippen LogP) is -0.191. The van der Waals surface area contributed by atoms with Crippen LogP contribution in [0.25, 0.3) is 0 Å². The normalized spacial score (nSPS) is 20.0. The van der Waals surface area contributed by atoms with Crippen LogP contribution in [0.5, 0.6) is 0 Å². The third-order valence-corrected chi connectivity index (χ3v) is 3.73. The van der Waals surface area contributed by atoms with Crippen molar-refractivity contribution in [1.82, 2.24) is 15.5 Å². The van der Waals surface area contributed by atoms with E-state index in [1.807, 2.05) is 0 Å². The smallest absolute Gasteiger partial charge is 0.261 e. The number of rotatable bonds is 4. The van der Waals surface area contributed by atoms with Gasteiger partial charge in [0, 0.05) is 26.2 Å². The maximum Gasteiger partial charge on any atom is 0.261 e. The minimum atomic E-state index is -0.518. The molecule has 0 saturated carbocycles. The molecular formula is C15H18ClN3O4. The van der Waals surface area contributed by atoms with Crippen LogP contribution in [0.4, 0.5) is 0 Å². The first-order chi connectivity index (χ1) is 10.7. The SMILES string of the molecule is Cl.O=C(NCCN1C(=O)c2ccccc2C1=O)C1CNCCO1. The number of amides is 3. The summed E-state index contributed by atoms with van der Waals surface area (Å²) in [5.41, 5.74) is 0.831. The molecule has 1 saturated heterocycles. The first-order valence-electron chi connectivity index (χ1n) is 7.24. The molecule has 124 valence electrons. The molecule has 2 heterocycles. The van der Waals surface area contributed by atoms with E-state index in [0.717, 1.165) is 11.4 Å². The number of morpholine rings is 1. The van der Waals surface area contributed by atoms with Gasteiger partial charge in [-0.25, -0.2) is 0 Å². The number of nitrogens with zero attached hydrogens (tertiary/aromatic N) is 1. The van der Waals surface area contributed by atoms with Gasteiger partial charge in [0.05, 0.1) is 17.7 Å². The van der Waals surface area contributed by atoms with Crippen molar-refractivity contribution in [3.63, 3.8) is 0 Å². The molecule has 0 aliphatic carbocycles. The summed E-state index contributed by atoms with van der Waals surface area (Å²) in [7, 11) is 0. The quantitative estimate of drug-likeness (QED) is 0.742. The first kappa shape index (κ1) is 17.4. The van der Waals surface area contributed by atoms with Crippen molar-refractivity contribution in [2.75, 3.05) is 32.8 Å². The van der Waals surface area contributed by atoms with Crippen molar-refractivity contribution in [1.29, 1.82) is 0 Å². The van der Waals surface area contributed by atoms with Crippen LogP contribution in [0.1, 0.15) is 20.7 Å². The summed E-state index contributed by atoms with van der Waals surface area (Å²) in [6, 6.07) is 6.72. The molecule has 0 aromatic heterocycles. The molecule has 2 aliphatic heterocycles. The Kier molecular flexibility index (Phi) is 5.70. The number of benzene rings is 1. The molecule has 1 unspecified atom stereocenters. The van der Waals surface area contributed by atoms with Gasteiger partial charge in [0.15, 0.2) is 0 Å². The molecule has 3 amide bonds. The number of hydrogen-bond acceptors (Lipinski definition) is 5. The van der Waals surface area contributed by atoms with Crippen molar-refractivity contribution in [2.24, 2.45) is 0 Å². The van der Waals surface area contributed by atoms with Gasteiger partial charge >= 0.3 is 0 Å². The average molecular weight is 340 g/mol. The highest BCUT2D eigenvalue weighted by Crippen LogP contribution is 2.21. The zero-order valence-electron chi connectivity index (χ0n) is 12.4. The van der Waals surface area contributed by atoms with Gasteiger partial charge in [-0.3, -0.25) is 19.3 Å². The zero-order chi connectivity index (χ0) is 15.5. The lowest BCUT2D eigenvalue weighted by molar-refractivity contribution is -0.134. The van der Waals surface area contributed by atoms with Crippen molar-refractivity contribution < 1.29 is 19.1 Å². The Labute approximate surface area is 139 Å². The third kappa shape index (κ3) is 3.52. The molecule has 2 aliphatic rings. The molecule has 0 radical (unpaired) electrons. The second-order valence-corrected chi connectivity index (χ2v) is 5.16. The van der Waals surface area contributed by atoms with Crippen LogP contribution in [-0.2, 0) is 9.53 Å². The molecule has 0 bridgehead atoms. The second-order valence-electron chi connectivity index (χ2n) is 5.16. The minimum absolute atomic E-state index is 0. The number of imide groups is 1. The molecule has 1 atom stereocenters. The fraction of sp³-hybridized carbons (Fsp3) is 0.400. The van der Waals surface area contributed by atoms with Crippen LogP contribution < -0.4 is 10.6 Å². The largest absolute Gasteiger partial charge is 0.366 e. The van der Waals surface area contributed by atoms with Crippen LogP contribution >= 0.6 is 12.4 Å². The van der Waals surface area contributed by atoms with E-state index in [1.165, 1.54) is 0 Å². The molecule has 23 heavy (non-hydrogen) atoms. The molecule has 1 fully saturated rings. The molecule has 0 spiro atoms. The van der Waals surface area contributed by atoms with Gasteiger partial charge in [-0.05, 0) is 12.1 Å². The lowest BCUT2D eigenvalue weighted by Crippen LogP contribution is -2.49. The highest BCUT2D eigenvalue weighted by Gasteiger charge is 2.34. The Hall–Kier alpha value is -1.96. The highest BCUT2D eigenvalue weighted by atomic mass is 35.5. The number of fused-ring (bicyclic) bond motifs is 1. The van der Waals surface area contributed by atoms with E-state index in [-0.39, 0.29) is 43.2 Å². The van der Waals surface area contributed by atoms with Crippen LogP contribution in [0, 0.1) is 0 Å². The Morgan fingerprint density at radius 1 is 1.26 bits per heavy atom. The van der Waals surface area contributed by atoms with Gasteiger partial charge in [-0.2, -0.15) is 0 Å². The summed E-state index contributed by atoms with van der Waals surface area (Å²) < 4.78 is 5.33. The Balaban J connectivity index is 0.00000192. The summed E-state index contributed by atoms with van der Waals surface area (Å²) in [6.07, 6.45) is -0.518. The molecule has 2 N–H and O–H groups in total. The van der Waals surface area contributed by atoms with Crippen LogP contribution in [0.15, 0.2) is 24.3 Å². The summed E-state index contributed by atoms with van der Waals surface area (Å²) in [5, 5.41) is 5.77. The predicted molar refractivity (Wildman–Crippen MR) is 84.7 cm³/mol. The van der Waals surface area contributed by atoms with Crippen molar-refractivity contribution >= 4 is 30.1 Å². The Morgan fingerprint density at radius 3 is 2.48 bits per heavy atom. The number of carbonyl (C=O) groups excluding carboxylic acids is 3. The molecule has 3 rings (SSSR count). The fourth-order valence-electron chi connectivity index (χ4n) is 2.58. The van der Waals surface area contributed by atoms with Gasteiger partial charge in [0.25, 0.3) is 17.7 Å². The van der Waals surface area contributed by atoms with Crippen molar-refractivity contribution in [2.45, 2.75) is 6.10 Å². The lowest BCUT2D eigenvalue weighted by Gasteiger charge is -2.23. The molecular weight excluding hydrogens is 322 g/mol. The van der Waals surface area contributed by atoms with Crippen molar-refractivity contribution in [3.8, 4) is 0 Å². The number of hydrogen-bond donors (Lipinski definition) is 2. The van der Waals surface area contributed by atoms with Crippen LogP contribution in [0.2, 0.25) is 0 Å². The van der Waals surface area contributed by atoms with Gasteiger partial charge in [-0.1, -0.05) is 12.1 Å². The Bertz CT molecular complexity index is 581. The molecule has 1 aromatic rings. The summed E-state index contributed by atoms with van der Waals surface area (Å²) >= 11 is 0. The maximum absolute atomic E-state index is 12.1. The Morgan fingerprint density at radius 2 is 1.91 bits per heavy atom. The minimum Gasteiger partial charge on any atom is -0.366 e. The molecule has 8 heteroatoms. The lowest BCUT2D eigenvalue weighted by atomic mass is 10.1. The van der Waals surface area contributed by atoms with E-state index in [4.69, 9.17) is 4.74 Å². The van der Waals surface area contributed by atoms with E-state index < -0.39 is 6.10 Å². The van der Waals surface area contributed by atoms with Gasteiger partial charge < -0.3 is 15.4 Å². The highest BCUT2D eigenvalue weighted by molar-refractivity contribution is 6.21. The monoisotopic (exact) mass is 339 g/mol. The van der Waals surface area contributed by atoms with E-state index in [0.29, 0.717) is 24.3 Å². The van der Waals surface area contributed by atoms with E-state index in [1.54, 1.807) is 24.3 Å². The second kappa shape index (κ2) is 7.54. The first-order valence-corrected chi connectivity index (χ1v) is 7.24. The van der Waals surface area contributed by atoms with E-state index in [2.05, 4.69) is 10.6 Å². The van der Waals surface area contributed by atoms with Crippen molar-refractivity contribution in [3.05, 3.63) is 35.4 Å². The van der Waals surface area contributed by atoms with Crippen LogP contribution in [0.3, 0.4) is 0 Å². The zero-order valence-corrected chi connectivity index (χ0v) is 13.2. The topological polar surface area (TPSA) is 87.7 Å².